The first kappa shape index (κ1) is 15.5. The van der Waals surface area contributed by atoms with E-state index in [9.17, 15) is 9.59 Å². The highest BCUT2D eigenvalue weighted by atomic mass is 16.5. The number of hydrogen-bond donors (Lipinski definition) is 4. The third-order valence-electron chi connectivity index (χ3n) is 3.35. The SMILES string of the molecule is O=C(COC1CCNCC1)NC(Cc1cnc[nH]1)C(=O)O. The van der Waals surface area contributed by atoms with E-state index >= 15 is 0 Å². The lowest BCUT2D eigenvalue weighted by molar-refractivity contribution is -0.143. The molecular weight excluding hydrogens is 276 g/mol. The van der Waals surface area contributed by atoms with E-state index in [-0.39, 0.29) is 19.1 Å². The molecular formula is C13H20N4O4. The van der Waals surface area contributed by atoms with Crippen molar-refractivity contribution in [2.45, 2.75) is 31.4 Å². The molecule has 8 nitrogen and oxygen atoms in total. The molecule has 1 unspecified atom stereocenters. The molecule has 1 aliphatic heterocycles. The zero-order valence-electron chi connectivity index (χ0n) is 11.7. The lowest BCUT2D eigenvalue weighted by Gasteiger charge is -2.23. The van der Waals surface area contributed by atoms with Gasteiger partial charge in [0.05, 0.1) is 12.4 Å². The number of rotatable bonds is 7. The van der Waals surface area contributed by atoms with Crippen molar-refractivity contribution in [1.29, 1.82) is 0 Å². The second-order valence-electron chi connectivity index (χ2n) is 5.00. The fourth-order valence-corrected chi connectivity index (χ4v) is 2.21. The molecule has 1 atom stereocenters. The number of carboxylic acid groups (broad SMARTS) is 1. The maximum Gasteiger partial charge on any atom is 0.326 e. The number of H-pyrrole nitrogens is 1. The van der Waals surface area contributed by atoms with Crippen LogP contribution in [-0.2, 0) is 20.7 Å². The molecule has 1 saturated heterocycles. The molecule has 2 heterocycles. The Morgan fingerprint density at radius 2 is 2.24 bits per heavy atom. The number of nitrogens with zero attached hydrogens (tertiary/aromatic N) is 1. The second kappa shape index (κ2) is 7.75. The molecule has 0 aromatic carbocycles. The summed E-state index contributed by atoms with van der Waals surface area (Å²) in [6, 6.07) is -0.991. The van der Waals surface area contributed by atoms with Crippen molar-refractivity contribution in [1.82, 2.24) is 20.6 Å². The molecule has 21 heavy (non-hydrogen) atoms. The summed E-state index contributed by atoms with van der Waals surface area (Å²) in [7, 11) is 0. The first-order valence-corrected chi connectivity index (χ1v) is 6.97. The Kier molecular flexibility index (Phi) is 5.70. The monoisotopic (exact) mass is 296 g/mol. The summed E-state index contributed by atoms with van der Waals surface area (Å²) in [5.41, 5.74) is 0.655. The van der Waals surface area contributed by atoms with E-state index in [1.165, 1.54) is 12.5 Å². The van der Waals surface area contributed by atoms with Crippen LogP contribution in [0.1, 0.15) is 18.5 Å². The molecule has 1 aliphatic rings. The largest absolute Gasteiger partial charge is 0.480 e. The molecule has 0 bridgehead atoms. The van der Waals surface area contributed by atoms with Crippen LogP contribution < -0.4 is 10.6 Å². The second-order valence-corrected chi connectivity index (χ2v) is 5.00. The van der Waals surface area contributed by atoms with E-state index in [2.05, 4.69) is 20.6 Å². The van der Waals surface area contributed by atoms with Crippen molar-refractivity contribution in [3.63, 3.8) is 0 Å². The Hall–Kier alpha value is -1.93. The van der Waals surface area contributed by atoms with Gasteiger partial charge in [-0.25, -0.2) is 9.78 Å². The number of hydrogen-bond acceptors (Lipinski definition) is 5. The van der Waals surface area contributed by atoms with E-state index in [0.29, 0.717) is 5.69 Å². The Labute approximate surface area is 122 Å². The first-order valence-electron chi connectivity index (χ1n) is 6.97. The minimum Gasteiger partial charge on any atom is -0.480 e. The lowest BCUT2D eigenvalue weighted by atomic mass is 10.1. The fourth-order valence-electron chi connectivity index (χ4n) is 2.21. The third-order valence-corrected chi connectivity index (χ3v) is 3.35. The van der Waals surface area contributed by atoms with Gasteiger partial charge >= 0.3 is 5.97 Å². The van der Waals surface area contributed by atoms with Gasteiger partial charge in [-0.15, -0.1) is 0 Å². The van der Waals surface area contributed by atoms with E-state index in [0.717, 1.165) is 25.9 Å². The Morgan fingerprint density at radius 3 is 2.86 bits per heavy atom. The third kappa shape index (κ3) is 5.16. The van der Waals surface area contributed by atoms with Crippen molar-refractivity contribution in [2.24, 2.45) is 0 Å². The van der Waals surface area contributed by atoms with Gasteiger partial charge < -0.3 is 25.5 Å². The zero-order valence-corrected chi connectivity index (χ0v) is 11.7. The van der Waals surface area contributed by atoms with Crippen LogP contribution in [0.15, 0.2) is 12.5 Å². The highest BCUT2D eigenvalue weighted by Gasteiger charge is 2.22. The molecule has 0 aliphatic carbocycles. The Balaban J connectivity index is 1.76. The molecule has 1 amide bonds. The predicted octanol–water partition coefficient (Wildman–Crippen LogP) is -0.710. The number of carboxylic acids is 1. The van der Waals surface area contributed by atoms with E-state index in [1.54, 1.807) is 0 Å². The fraction of sp³-hybridized carbons (Fsp3) is 0.615. The summed E-state index contributed by atoms with van der Waals surface area (Å²) in [5, 5.41) is 14.8. The van der Waals surface area contributed by atoms with Crippen molar-refractivity contribution in [3.8, 4) is 0 Å². The van der Waals surface area contributed by atoms with Gasteiger partial charge in [0.1, 0.15) is 12.6 Å². The highest BCUT2D eigenvalue weighted by molar-refractivity contribution is 5.84. The number of nitrogens with one attached hydrogen (secondary N) is 3. The van der Waals surface area contributed by atoms with E-state index in [4.69, 9.17) is 9.84 Å². The van der Waals surface area contributed by atoms with Gasteiger partial charge in [0.15, 0.2) is 0 Å². The standard InChI is InChI=1S/C13H20N4O4/c18-12(7-21-10-1-3-14-4-2-10)17-11(13(19)20)5-9-6-15-8-16-9/h6,8,10-11,14H,1-5,7H2,(H,15,16)(H,17,18)(H,19,20). The normalized spacial score (nSPS) is 17.3. The molecule has 116 valence electrons. The molecule has 2 rings (SSSR count). The van der Waals surface area contributed by atoms with Crippen LogP contribution in [0.25, 0.3) is 0 Å². The maximum atomic E-state index is 11.8. The van der Waals surface area contributed by atoms with Gasteiger partial charge in [0, 0.05) is 18.3 Å². The van der Waals surface area contributed by atoms with Crippen LogP contribution in [0, 0.1) is 0 Å². The first-order chi connectivity index (χ1) is 10.1. The topological polar surface area (TPSA) is 116 Å². The van der Waals surface area contributed by atoms with E-state index in [1.807, 2.05) is 0 Å². The quantitative estimate of drug-likeness (QED) is 0.528. The molecule has 1 aromatic heterocycles. The average molecular weight is 296 g/mol. The van der Waals surface area contributed by atoms with Crippen LogP contribution in [0.3, 0.4) is 0 Å². The minimum atomic E-state index is -1.08. The number of carbonyl (C=O) groups is 2. The number of imidazole rings is 1. The van der Waals surface area contributed by atoms with Gasteiger partial charge in [0.25, 0.3) is 0 Å². The highest BCUT2D eigenvalue weighted by Crippen LogP contribution is 2.06. The number of piperidine rings is 1. The van der Waals surface area contributed by atoms with Gasteiger partial charge in [0.2, 0.25) is 5.91 Å². The number of aromatic nitrogens is 2. The van der Waals surface area contributed by atoms with Crippen LogP contribution in [-0.4, -0.2) is 58.8 Å². The van der Waals surface area contributed by atoms with Gasteiger partial charge in [-0.05, 0) is 25.9 Å². The molecule has 0 saturated carbocycles. The summed E-state index contributed by atoms with van der Waals surface area (Å²) in [4.78, 5) is 29.6. The molecule has 1 aromatic rings. The number of carbonyl (C=O) groups excluding carboxylic acids is 1. The van der Waals surface area contributed by atoms with Crippen LogP contribution in [0.4, 0.5) is 0 Å². The van der Waals surface area contributed by atoms with Crippen LogP contribution >= 0.6 is 0 Å². The smallest absolute Gasteiger partial charge is 0.326 e. The predicted molar refractivity (Wildman–Crippen MR) is 73.7 cm³/mol. The van der Waals surface area contributed by atoms with Crippen molar-refractivity contribution >= 4 is 11.9 Å². The zero-order chi connectivity index (χ0) is 15.1. The summed E-state index contributed by atoms with van der Waals surface area (Å²) in [5.74, 6) is -1.50. The minimum absolute atomic E-state index is 0.0629. The van der Waals surface area contributed by atoms with Crippen molar-refractivity contribution in [3.05, 3.63) is 18.2 Å². The van der Waals surface area contributed by atoms with Crippen molar-refractivity contribution in [2.75, 3.05) is 19.7 Å². The lowest BCUT2D eigenvalue weighted by Crippen LogP contribution is -2.44. The Morgan fingerprint density at radius 1 is 1.48 bits per heavy atom. The van der Waals surface area contributed by atoms with Crippen LogP contribution in [0.5, 0.6) is 0 Å². The summed E-state index contributed by atoms with van der Waals surface area (Å²) < 4.78 is 5.50. The molecule has 8 heteroatoms. The van der Waals surface area contributed by atoms with Crippen LogP contribution in [0.2, 0.25) is 0 Å². The van der Waals surface area contributed by atoms with E-state index < -0.39 is 17.9 Å². The number of ether oxygens (including phenoxy) is 1. The molecule has 1 fully saturated rings. The summed E-state index contributed by atoms with van der Waals surface area (Å²) >= 11 is 0. The van der Waals surface area contributed by atoms with Crippen molar-refractivity contribution < 1.29 is 19.4 Å². The average Bonchev–Trinajstić information content (AvgIpc) is 2.98. The maximum absolute atomic E-state index is 11.8. The Bertz CT molecular complexity index is 457. The number of aliphatic carboxylic acids is 1. The molecule has 0 radical (unpaired) electrons. The molecule has 4 N–H and O–H groups in total. The molecule has 0 spiro atoms. The van der Waals surface area contributed by atoms with Gasteiger partial charge in [-0.2, -0.15) is 0 Å². The number of aromatic amines is 1. The van der Waals surface area contributed by atoms with Gasteiger partial charge in [-0.1, -0.05) is 0 Å². The number of amides is 1. The summed E-state index contributed by atoms with van der Waals surface area (Å²) in [6.45, 7) is 1.64. The summed E-state index contributed by atoms with van der Waals surface area (Å²) in [6.07, 6.45) is 4.96. The van der Waals surface area contributed by atoms with Gasteiger partial charge in [-0.3, -0.25) is 4.79 Å².